The third-order valence-electron chi connectivity index (χ3n) is 1.73. The normalized spacial score (nSPS) is 12.3. The van der Waals surface area contributed by atoms with Crippen LogP contribution in [-0.2, 0) is 0 Å². The van der Waals surface area contributed by atoms with Crippen LogP contribution < -0.4 is 0 Å². The van der Waals surface area contributed by atoms with Crippen LogP contribution in [0.15, 0.2) is 0 Å². The largest absolute Gasteiger partial charge is 0.393 e. The van der Waals surface area contributed by atoms with Crippen LogP contribution in [0.2, 0.25) is 0 Å². The Morgan fingerprint density at radius 2 is 1.64 bits per heavy atom. The van der Waals surface area contributed by atoms with E-state index in [9.17, 15) is 0 Å². The molecule has 1 atom stereocenters. The van der Waals surface area contributed by atoms with Crippen molar-refractivity contribution in [3.63, 3.8) is 0 Å². The number of aliphatic hydroxyl groups excluding tert-OH is 1. The first-order valence-corrected chi connectivity index (χ1v) is 4.45. The highest BCUT2D eigenvalue weighted by Gasteiger charge is 1.93. The Morgan fingerprint density at radius 1 is 1.09 bits per heavy atom. The zero-order valence-electron chi connectivity index (χ0n) is 7.68. The van der Waals surface area contributed by atoms with Crippen molar-refractivity contribution in [1.29, 1.82) is 0 Å². The maximum absolute atomic E-state index is 8.91. The molecule has 0 aliphatic heterocycles. The van der Waals surface area contributed by atoms with Gasteiger partial charge in [0.15, 0.2) is 0 Å². The average Bonchev–Trinajstić information content (AvgIpc) is 1.87. The van der Waals surface area contributed by atoms with E-state index >= 15 is 0 Å². The second kappa shape index (κ2) is 10.2. The van der Waals surface area contributed by atoms with Crippen molar-refractivity contribution in [2.75, 3.05) is 0 Å². The topological polar surface area (TPSA) is 20.2 Å². The molecule has 0 bridgehead atoms. The van der Waals surface area contributed by atoms with Crippen LogP contribution in [0.25, 0.3) is 0 Å². The van der Waals surface area contributed by atoms with Gasteiger partial charge in [-0.25, -0.2) is 0 Å². The average molecular weight is 181 g/mol. The Hall–Kier alpha value is 0.250. The zero-order chi connectivity index (χ0) is 7.82. The summed E-state index contributed by atoms with van der Waals surface area (Å²) in [6, 6.07) is 0. The van der Waals surface area contributed by atoms with Crippen LogP contribution in [0.3, 0.4) is 0 Å². The van der Waals surface area contributed by atoms with Gasteiger partial charge in [0.25, 0.3) is 0 Å². The van der Waals surface area contributed by atoms with Crippen LogP contribution in [0.1, 0.15) is 52.4 Å². The summed E-state index contributed by atoms with van der Waals surface area (Å²) in [5.74, 6) is 0. The Kier molecular flexibility index (Phi) is 12.9. The minimum Gasteiger partial charge on any atom is -0.393 e. The number of halogens is 1. The Labute approximate surface area is 76.6 Å². The maximum atomic E-state index is 8.91. The van der Waals surface area contributed by atoms with Crippen molar-refractivity contribution in [2.24, 2.45) is 0 Å². The van der Waals surface area contributed by atoms with Crippen molar-refractivity contribution >= 4 is 12.4 Å². The van der Waals surface area contributed by atoms with Gasteiger partial charge in [0.2, 0.25) is 0 Å². The summed E-state index contributed by atoms with van der Waals surface area (Å²) in [5.41, 5.74) is 0. The summed E-state index contributed by atoms with van der Waals surface area (Å²) in [6.45, 7) is 4.08. The first kappa shape index (κ1) is 13.8. The molecule has 0 aromatic heterocycles. The molecule has 0 fully saturated rings. The SMILES string of the molecule is CCCCCCCC(C)O.Cl. The smallest absolute Gasteiger partial charge is 0.0512 e. The van der Waals surface area contributed by atoms with Crippen molar-refractivity contribution < 1.29 is 5.11 Å². The van der Waals surface area contributed by atoms with E-state index in [-0.39, 0.29) is 18.5 Å². The molecule has 0 spiro atoms. The molecule has 2 heteroatoms. The number of unbranched alkanes of at least 4 members (excludes halogenated alkanes) is 4. The highest BCUT2D eigenvalue weighted by Crippen LogP contribution is 2.06. The minimum absolute atomic E-state index is 0. The molecule has 70 valence electrons. The first-order valence-electron chi connectivity index (χ1n) is 4.45. The fourth-order valence-corrected chi connectivity index (χ4v) is 1.04. The van der Waals surface area contributed by atoms with E-state index in [0.717, 1.165) is 6.42 Å². The highest BCUT2D eigenvalue weighted by molar-refractivity contribution is 5.85. The molecule has 0 aliphatic carbocycles. The molecular weight excluding hydrogens is 160 g/mol. The number of hydrogen-bond acceptors (Lipinski definition) is 1. The molecule has 0 heterocycles. The molecular formula is C9H21ClO. The molecule has 0 saturated carbocycles. The number of aliphatic hydroxyl groups is 1. The third kappa shape index (κ3) is 13.3. The standard InChI is InChI=1S/C9H20O.ClH/c1-3-4-5-6-7-8-9(2)10;/h9-10H,3-8H2,1-2H3;1H. The predicted molar refractivity (Wildman–Crippen MR) is 52.3 cm³/mol. The van der Waals surface area contributed by atoms with Crippen molar-refractivity contribution in [2.45, 2.75) is 58.5 Å². The molecule has 1 nitrogen and oxygen atoms in total. The van der Waals surface area contributed by atoms with Crippen LogP contribution in [0.5, 0.6) is 0 Å². The summed E-state index contributed by atoms with van der Waals surface area (Å²) >= 11 is 0. The van der Waals surface area contributed by atoms with Gasteiger partial charge in [-0.15, -0.1) is 12.4 Å². The lowest BCUT2D eigenvalue weighted by molar-refractivity contribution is 0.180. The minimum atomic E-state index is -0.0957. The van der Waals surface area contributed by atoms with Crippen molar-refractivity contribution in [3.8, 4) is 0 Å². The molecule has 0 radical (unpaired) electrons. The molecule has 0 rings (SSSR count). The molecule has 0 saturated heterocycles. The van der Waals surface area contributed by atoms with E-state index in [1.54, 1.807) is 0 Å². The van der Waals surface area contributed by atoms with Crippen LogP contribution in [0.4, 0.5) is 0 Å². The van der Waals surface area contributed by atoms with E-state index in [1.807, 2.05) is 6.92 Å². The molecule has 11 heavy (non-hydrogen) atoms. The molecule has 0 aliphatic rings. The van der Waals surface area contributed by atoms with E-state index in [1.165, 1.54) is 32.1 Å². The second-order valence-electron chi connectivity index (χ2n) is 3.05. The third-order valence-corrected chi connectivity index (χ3v) is 1.73. The molecule has 1 N–H and O–H groups in total. The monoisotopic (exact) mass is 180 g/mol. The van der Waals surface area contributed by atoms with Gasteiger partial charge in [-0.2, -0.15) is 0 Å². The summed E-state index contributed by atoms with van der Waals surface area (Å²) in [6.07, 6.45) is 7.35. The highest BCUT2D eigenvalue weighted by atomic mass is 35.5. The summed E-state index contributed by atoms with van der Waals surface area (Å²) in [5, 5.41) is 8.91. The van der Waals surface area contributed by atoms with Crippen LogP contribution in [-0.4, -0.2) is 11.2 Å². The number of hydrogen-bond donors (Lipinski definition) is 1. The molecule has 0 aromatic carbocycles. The molecule has 0 aromatic rings. The lowest BCUT2D eigenvalue weighted by Crippen LogP contribution is -1.97. The first-order chi connectivity index (χ1) is 4.77. The van der Waals surface area contributed by atoms with E-state index < -0.39 is 0 Å². The fourth-order valence-electron chi connectivity index (χ4n) is 1.04. The summed E-state index contributed by atoms with van der Waals surface area (Å²) in [4.78, 5) is 0. The second-order valence-corrected chi connectivity index (χ2v) is 3.05. The van der Waals surface area contributed by atoms with Crippen molar-refractivity contribution in [3.05, 3.63) is 0 Å². The Morgan fingerprint density at radius 3 is 2.09 bits per heavy atom. The van der Waals surface area contributed by atoms with Gasteiger partial charge in [0.05, 0.1) is 6.10 Å². The Balaban J connectivity index is 0. The zero-order valence-corrected chi connectivity index (χ0v) is 8.49. The van der Waals surface area contributed by atoms with Gasteiger partial charge in [-0.3, -0.25) is 0 Å². The van der Waals surface area contributed by atoms with Crippen LogP contribution >= 0.6 is 12.4 Å². The van der Waals surface area contributed by atoms with Gasteiger partial charge in [0.1, 0.15) is 0 Å². The van der Waals surface area contributed by atoms with Gasteiger partial charge >= 0.3 is 0 Å². The van der Waals surface area contributed by atoms with Gasteiger partial charge < -0.3 is 5.11 Å². The summed E-state index contributed by atoms with van der Waals surface area (Å²) < 4.78 is 0. The molecule has 1 unspecified atom stereocenters. The number of rotatable bonds is 6. The van der Waals surface area contributed by atoms with Crippen molar-refractivity contribution in [1.82, 2.24) is 0 Å². The van der Waals surface area contributed by atoms with Crippen LogP contribution in [0, 0.1) is 0 Å². The maximum Gasteiger partial charge on any atom is 0.0512 e. The van der Waals surface area contributed by atoms with Gasteiger partial charge in [0, 0.05) is 0 Å². The molecule has 0 amide bonds. The lowest BCUT2D eigenvalue weighted by atomic mass is 10.1. The van der Waals surface area contributed by atoms with E-state index in [2.05, 4.69) is 6.92 Å². The fraction of sp³-hybridized carbons (Fsp3) is 1.00. The van der Waals surface area contributed by atoms with E-state index in [4.69, 9.17) is 5.11 Å². The predicted octanol–water partition coefficient (Wildman–Crippen LogP) is 3.15. The lowest BCUT2D eigenvalue weighted by Gasteiger charge is -2.02. The quantitative estimate of drug-likeness (QED) is 0.623. The van der Waals surface area contributed by atoms with E-state index in [0.29, 0.717) is 0 Å². The summed E-state index contributed by atoms with van der Waals surface area (Å²) in [7, 11) is 0. The van der Waals surface area contributed by atoms with Gasteiger partial charge in [-0.1, -0.05) is 39.0 Å². The van der Waals surface area contributed by atoms with Gasteiger partial charge in [-0.05, 0) is 13.3 Å². The Bertz CT molecular complexity index is 64.6.